The Kier molecular flexibility index (Phi) is 3.84. The van der Waals surface area contributed by atoms with Crippen molar-refractivity contribution in [2.24, 2.45) is 0 Å². The predicted molar refractivity (Wildman–Crippen MR) is 91.7 cm³/mol. The number of hydrogen-bond acceptors (Lipinski definition) is 3. The number of aryl methyl sites for hydroxylation is 1. The zero-order valence-corrected chi connectivity index (χ0v) is 13.8. The van der Waals surface area contributed by atoms with E-state index in [2.05, 4.69) is 16.5 Å². The molecule has 3 aromatic rings. The summed E-state index contributed by atoms with van der Waals surface area (Å²) in [6.07, 6.45) is 8.51. The molecular weight excluding hydrogens is 302 g/mol. The van der Waals surface area contributed by atoms with Crippen molar-refractivity contribution in [3.05, 3.63) is 54.3 Å². The van der Waals surface area contributed by atoms with Crippen molar-refractivity contribution >= 4 is 16.9 Å². The molecule has 1 saturated heterocycles. The van der Waals surface area contributed by atoms with Crippen LogP contribution in [-0.4, -0.2) is 26.9 Å². The standard InChI is InChI=1S/C19H21N3O2/c1-2-21-12-10-20-18(21)16-8-5-6-11-22(16)19(23)15-13-24-17-9-4-3-7-14(15)17/h3-4,7,9-10,12-13,16H,2,5-6,8,11H2,1H3. The van der Waals surface area contributed by atoms with Crippen molar-refractivity contribution in [2.45, 2.75) is 38.8 Å². The largest absolute Gasteiger partial charge is 0.463 e. The maximum Gasteiger partial charge on any atom is 0.258 e. The lowest BCUT2D eigenvalue weighted by Gasteiger charge is -2.35. The Morgan fingerprint density at radius 1 is 1.33 bits per heavy atom. The van der Waals surface area contributed by atoms with E-state index in [0.717, 1.165) is 49.1 Å². The van der Waals surface area contributed by atoms with Gasteiger partial charge >= 0.3 is 0 Å². The first kappa shape index (κ1) is 15.0. The summed E-state index contributed by atoms with van der Waals surface area (Å²) in [7, 11) is 0. The number of rotatable bonds is 3. The second kappa shape index (κ2) is 6.15. The van der Waals surface area contributed by atoms with Gasteiger partial charge in [0.05, 0.1) is 11.6 Å². The van der Waals surface area contributed by atoms with Crippen LogP contribution < -0.4 is 0 Å². The zero-order valence-electron chi connectivity index (χ0n) is 13.8. The molecule has 1 unspecified atom stereocenters. The summed E-state index contributed by atoms with van der Waals surface area (Å²) in [5.74, 6) is 1.02. The third-order valence-corrected chi connectivity index (χ3v) is 4.86. The molecule has 3 heterocycles. The topological polar surface area (TPSA) is 51.3 Å². The molecule has 0 saturated carbocycles. The van der Waals surface area contributed by atoms with Gasteiger partial charge in [-0.1, -0.05) is 18.2 Å². The maximum atomic E-state index is 13.2. The molecule has 1 aromatic carbocycles. The molecule has 4 rings (SSSR count). The van der Waals surface area contributed by atoms with Crippen molar-refractivity contribution < 1.29 is 9.21 Å². The smallest absolute Gasteiger partial charge is 0.258 e. The van der Waals surface area contributed by atoms with Gasteiger partial charge in [-0.2, -0.15) is 0 Å². The fourth-order valence-corrected chi connectivity index (χ4v) is 3.63. The highest BCUT2D eigenvalue weighted by molar-refractivity contribution is 6.06. The average Bonchev–Trinajstić information content (AvgIpc) is 3.27. The Morgan fingerprint density at radius 2 is 2.21 bits per heavy atom. The number of aromatic nitrogens is 2. The van der Waals surface area contributed by atoms with E-state index in [1.165, 1.54) is 0 Å². The first-order chi connectivity index (χ1) is 11.8. The number of imidazole rings is 1. The van der Waals surface area contributed by atoms with Gasteiger partial charge in [-0.3, -0.25) is 4.79 Å². The fraction of sp³-hybridized carbons (Fsp3) is 0.368. The molecule has 124 valence electrons. The molecule has 24 heavy (non-hydrogen) atoms. The minimum absolute atomic E-state index is 0.0369. The molecule has 0 radical (unpaired) electrons. The molecule has 1 fully saturated rings. The quantitative estimate of drug-likeness (QED) is 0.731. The minimum Gasteiger partial charge on any atom is -0.463 e. The molecule has 0 spiro atoms. The van der Waals surface area contributed by atoms with Gasteiger partial charge in [0.25, 0.3) is 5.91 Å². The second-order valence-corrected chi connectivity index (χ2v) is 6.23. The van der Waals surface area contributed by atoms with E-state index in [0.29, 0.717) is 5.56 Å². The maximum absolute atomic E-state index is 13.2. The van der Waals surface area contributed by atoms with E-state index >= 15 is 0 Å². The minimum atomic E-state index is 0.0369. The number of para-hydroxylation sites is 1. The van der Waals surface area contributed by atoms with Gasteiger partial charge in [0.1, 0.15) is 17.7 Å². The Morgan fingerprint density at radius 3 is 3.08 bits per heavy atom. The number of carbonyl (C=O) groups excluding carboxylic acids is 1. The highest BCUT2D eigenvalue weighted by atomic mass is 16.3. The summed E-state index contributed by atoms with van der Waals surface area (Å²) < 4.78 is 7.69. The van der Waals surface area contributed by atoms with Crippen LogP contribution in [0.25, 0.3) is 11.0 Å². The molecule has 2 aromatic heterocycles. The number of benzene rings is 1. The fourth-order valence-electron chi connectivity index (χ4n) is 3.63. The van der Waals surface area contributed by atoms with E-state index in [1.54, 1.807) is 6.26 Å². The van der Waals surface area contributed by atoms with E-state index in [9.17, 15) is 4.79 Å². The van der Waals surface area contributed by atoms with Crippen LogP contribution in [0.3, 0.4) is 0 Å². The molecule has 0 N–H and O–H groups in total. The van der Waals surface area contributed by atoms with Crippen LogP contribution in [0.1, 0.15) is 48.4 Å². The first-order valence-electron chi connectivity index (χ1n) is 8.58. The van der Waals surface area contributed by atoms with Crippen LogP contribution >= 0.6 is 0 Å². The number of hydrogen-bond donors (Lipinski definition) is 0. The SMILES string of the molecule is CCn1ccnc1C1CCCCN1C(=O)c1coc2ccccc12. The van der Waals surface area contributed by atoms with Crippen LogP contribution in [0.4, 0.5) is 0 Å². The second-order valence-electron chi connectivity index (χ2n) is 6.23. The highest BCUT2D eigenvalue weighted by Crippen LogP contribution is 2.33. The number of carbonyl (C=O) groups is 1. The highest BCUT2D eigenvalue weighted by Gasteiger charge is 2.32. The van der Waals surface area contributed by atoms with Gasteiger partial charge < -0.3 is 13.9 Å². The van der Waals surface area contributed by atoms with E-state index in [-0.39, 0.29) is 11.9 Å². The lowest BCUT2D eigenvalue weighted by Crippen LogP contribution is -2.39. The van der Waals surface area contributed by atoms with Crippen LogP contribution in [0.15, 0.2) is 47.3 Å². The van der Waals surface area contributed by atoms with Crippen molar-refractivity contribution in [1.29, 1.82) is 0 Å². The number of likely N-dealkylation sites (tertiary alicyclic amines) is 1. The molecule has 5 heteroatoms. The van der Waals surface area contributed by atoms with Gasteiger partial charge in [0.15, 0.2) is 0 Å². The number of furan rings is 1. The molecule has 1 aliphatic rings. The number of nitrogens with zero attached hydrogens (tertiary/aromatic N) is 3. The van der Waals surface area contributed by atoms with E-state index in [4.69, 9.17) is 4.42 Å². The summed E-state index contributed by atoms with van der Waals surface area (Å²) >= 11 is 0. The van der Waals surface area contributed by atoms with Crippen LogP contribution in [0.2, 0.25) is 0 Å². The van der Waals surface area contributed by atoms with Crippen molar-refractivity contribution in [3.63, 3.8) is 0 Å². The molecule has 0 bridgehead atoms. The third-order valence-electron chi connectivity index (χ3n) is 4.86. The number of fused-ring (bicyclic) bond motifs is 1. The summed E-state index contributed by atoms with van der Waals surface area (Å²) in [6.45, 7) is 3.73. The van der Waals surface area contributed by atoms with Gasteiger partial charge in [0, 0.05) is 30.9 Å². The number of amides is 1. The van der Waals surface area contributed by atoms with E-state index < -0.39 is 0 Å². The summed E-state index contributed by atoms with van der Waals surface area (Å²) in [5.41, 5.74) is 1.40. The molecule has 1 atom stereocenters. The van der Waals surface area contributed by atoms with Crippen LogP contribution in [0, 0.1) is 0 Å². The summed E-state index contributed by atoms with van der Waals surface area (Å²) in [5, 5.41) is 0.880. The summed E-state index contributed by atoms with van der Waals surface area (Å²) in [4.78, 5) is 19.7. The van der Waals surface area contributed by atoms with Crippen molar-refractivity contribution in [3.8, 4) is 0 Å². The van der Waals surface area contributed by atoms with Crippen molar-refractivity contribution in [1.82, 2.24) is 14.5 Å². The average molecular weight is 323 g/mol. The molecule has 1 amide bonds. The number of piperidine rings is 1. The zero-order chi connectivity index (χ0) is 16.5. The molecule has 0 aliphatic carbocycles. The van der Waals surface area contributed by atoms with Gasteiger partial charge in [0.2, 0.25) is 0 Å². The lowest BCUT2D eigenvalue weighted by atomic mass is 9.99. The third kappa shape index (κ3) is 2.40. The van der Waals surface area contributed by atoms with Gasteiger partial charge in [-0.15, -0.1) is 0 Å². The van der Waals surface area contributed by atoms with Gasteiger partial charge in [-0.05, 0) is 32.3 Å². The summed E-state index contributed by atoms with van der Waals surface area (Å²) in [6, 6.07) is 7.73. The van der Waals surface area contributed by atoms with Crippen molar-refractivity contribution in [2.75, 3.05) is 6.54 Å². The Labute approximate surface area is 140 Å². The normalized spacial score (nSPS) is 18.2. The Hall–Kier alpha value is -2.56. The molecule has 1 aliphatic heterocycles. The first-order valence-corrected chi connectivity index (χ1v) is 8.58. The Bertz CT molecular complexity index is 864. The molecule has 5 nitrogen and oxygen atoms in total. The Balaban J connectivity index is 1.71. The van der Waals surface area contributed by atoms with Gasteiger partial charge in [-0.25, -0.2) is 4.98 Å². The van der Waals surface area contributed by atoms with Crippen LogP contribution in [-0.2, 0) is 6.54 Å². The van der Waals surface area contributed by atoms with E-state index in [1.807, 2.05) is 41.6 Å². The lowest BCUT2D eigenvalue weighted by molar-refractivity contribution is 0.0596. The molecular formula is C19H21N3O2. The van der Waals surface area contributed by atoms with Crippen LogP contribution in [0.5, 0.6) is 0 Å². The monoisotopic (exact) mass is 323 g/mol. The predicted octanol–water partition coefficient (Wildman–Crippen LogP) is 4.02.